The van der Waals surface area contributed by atoms with Gasteiger partial charge in [0.15, 0.2) is 0 Å². The van der Waals surface area contributed by atoms with Crippen molar-refractivity contribution in [3.8, 4) is 0 Å². The van der Waals surface area contributed by atoms with Gasteiger partial charge in [-0.25, -0.2) is 0 Å². The Morgan fingerprint density at radius 1 is 0.897 bits per heavy atom. The Labute approximate surface area is 167 Å². The van der Waals surface area contributed by atoms with Crippen LogP contribution >= 0.6 is 0 Å². The number of nitrogens with one attached hydrogen (secondary N) is 3. The van der Waals surface area contributed by atoms with Gasteiger partial charge >= 0.3 is 0 Å². The van der Waals surface area contributed by atoms with E-state index in [-0.39, 0.29) is 18.2 Å². The van der Waals surface area contributed by atoms with Crippen LogP contribution in [0.5, 0.6) is 0 Å². The molecule has 7 nitrogen and oxygen atoms in total. The molecule has 0 radical (unpaired) electrons. The summed E-state index contributed by atoms with van der Waals surface area (Å²) in [6.07, 6.45) is 0.622. The Morgan fingerprint density at radius 3 is 2.41 bits per heavy atom. The molecule has 0 spiro atoms. The van der Waals surface area contributed by atoms with Crippen molar-refractivity contribution >= 4 is 29.1 Å². The van der Waals surface area contributed by atoms with Gasteiger partial charge in [0, 0.05) is 24.1 Å². The van der Waals surface area contributed by atoms with E-state index in [0.29, 0.717) is 25.2 Å². The predicted octanol–water partition coefficient (Wildman–Crippen LogP) is 1.42. The summed E-state index contributed by atoms with van der Waals surface area (Å²) in [6, 6.07) is 15.3. The molecule has 1 saturated heterocycles. The number of nitrogens with zero attached hydrogens (tertiary/aromatic N) is 1. The number of hydrogen-bond acceptors (Lipinski definition) is 5. The van der Waals surface area contributed by atoms with Crippen LogP contribution in [-0.4, -0.2) is 35.3 Å². The molecule has 7 heteroatoms. The molecule has 3 aliphatic rings. The van der Waals surface area contributed by atoms with Crippen LogP contribution in [0.4, 0.5) is 0 Å². The van der Waals surface area contributed by atoms with Gasteiger partial charge in [-0.1, -0.05) is 36.4 Å². The van der Waals surface area contributed by atoms with E-state index in [1.54, 1.807) is 4.90 Å². The summed E-state index contributed by atoms with van der Waals surface area (Å²) in [4.78, 5) is 38.1. The number of amides is 3. The van der Waals surface area contributed by atoms with Gasteiger partial charge in [-0.3, -0.25) is 19.7 Å². The number of rotatable bonds is 3. The van der Waals surface area contributed by atoms with Gasteiger partial charge in [-0.05, 0) is 29.7 Å². The first kappa shape index (κ1) is 17.5. The minimum atomic E-state index is -0.596. The highest BCUT2D eigenvalue weighted by atomic mass is 16.2. The number of piperidine rings is 1. The molecule has 0 aromatic heterocycles. The van der Waals surface area contributed by atoms with Gasteiger partial charge < -0.3 is 15.5 Å². The quantitative estimate of drug-likeness (QED) is 0.692. The average Bonchev–Trinajstić information content (AvgIpc) is 3.34. The SMILES string of the molecule is O=C1CCC(N2Cc3cc(C4=C(c5ccccc5)NCN4)ccc3C2=O)C(=O)N1. The van der Waals surface area contributed by atoms with Gasteiger partial charge in [0.05, 0.1) is 18.1 Å². The first-order chi connectivity index (χ1) is 14.1. The molecule has 0 saturated carbocycles. The largest absolute Gasteiger partial charge is 0.366 e. The van der Waals surface area contributed by atoms with E-state index in [1.807, 2.05) is 36.4 Å². The summed E-state index contributed by atoms with van der Waals surface area (Å²) in [5.41, 5.74) is 5.61. The topological polar surface area (TPSA) is 90.5 Å². The highest BCUT2D eigenvalue weighted by Crippen LogP contribution is 2.32. The summed E-state index contributed by atoms with van der Waals surface area (Å²) in [5, 5.41) is 9.09. The molecule has 2 aromatic rings. The van der Waals surface area contributed by atoms with Crippen LogP contribution in [0.1, 0.15) is 39.9 Å². The zero-order chi connectivity index (χ0) is 20.0. The average molecular weight is 388 g/mol. The van der Waals surface area contributed by atoms with Gasteiger partial charge in [0.25, 0.3) is 5.91 Å². The molecule has 1 atom stereocenters. The van der Waals surface area contributed by atoms with Crippen LogP contribution in [0.15, 0.2) is 48.5 Å². The Hall–Kier alpha value is -3.61. The van der Waals surface area contributed by atoms with E-state index in [9.17, 15) is 14.4 Å². The number of hydrogen-bond donors (Lipinski definition) is 3. The van der Waals surface area contributed by atoms with Crippen molar-refractivity contribution in [2.45, 2.75) is 25.4 Å². The fraction of sp³-hybridized carbons (Fsp3) is 0.227. The number of imide groups is 1. The van der Waals surface area contributed by atoms with Crippen LogP contribution < -0.4 is 16.0 Å². The van der Waals surface area contributed by atoms with Gasteiger partial charge in [0.2, 0.25) is 11.8 Å². The molecule has 3 heterocycles. The molecule has 3 N–H and O–H groups in total. The molecule has 1 fully saturated rings. The number of benzene rings is 2. The molecule has 29 heavy (non-hydrogen) atoms. The van der Waals surface area contributed by atoms with Gasteiger partial charge in [-0.2, -0.15) is 0 Å². The van der Waals surface area contributed by atoms with E-state index in [2.05, 4.69) is 28.1 Å². The molecule has 146 valence electrons. The Bertz CT molecular complexity index is 1060. The monoisotopic (exact) mass is 388 g/mol. The summed E-state index contributed by atoms with van der Waals surface area (Å²) >= 11 is 0. The number of carbonyl (C=O) groups excluding carboxylic acids is 3. The molecular weight excluding hydrogens is 368 g/mol. The number of fused-ring (bicyclic) bond motifs is 1. The fourth-order valence-electron chi connectivity index (χ4n) is 4.23. The highest BCUT2D eigenvalue weighted by Gasteiger charge is 2.39. The lowest BCUT2D eigenvalue weighted by atomic mass is 10.0. The van der Waals surface area contributed by atoms with Crippen molar-refractivity contribution in [2.24, 2.45) is 0 Å². The van der Waals surface area contributed by atoms with E-state index in [0.717, 1.165) is 28.1 Å². The summed E-state index contributed by atoms with van der Waals surface area (Å²) < 4.78 is 0. The lowest BCUT2D eigenvalue weighted by molar-refractivity contribution is -0.136. The van der Waals surface area contributed by atoms with Crippen molar-refractivity contribution in [1.82, 2.24) is 20.9 Å². The maximum atomic E-state index is 12.9. The van der Waals surface area contributed by atoms with Crippen molar-refractivity contribution in [2.75, 3.05) is 6.67 Å². The minimum absolute atomic E-state index is 0.157. The van der Waals surface area contributed by atoms with Crippen molar-refractivity contribution in [3.63, 3.8) is 0 Å². The molecular formula is C22H20N4O3. The van der Waals surface area contributed by atoms with Crippen molar-refractivity contribution in [1.29, 1.82) is 0 Å². The first-order valence-electron chi connectivity index (χ1n) is 9.67. The normalized spacial score (nSPS) is 21.0. The molecule has 1 unspecified atom stereocenters. The molecule has 0 bridgehead atoms. The van der Waals surface area contributed by atoms with E-state index in [1.165, 1.54) is 0 Å². The third kappa shape index (κ3) is 2.95. The zero-order valence-electron chi connectivity index (χ0n) is 15.7. The zero-order valence-corrected chi connectivity index (χ0v) is 15.7. The molecule has 3 amide bonds. The Morgan fingerprint density at radius 2 is 1.66 bits per heavy atom. The summed E-state index contributed by atoms with van der Waals surface area (Å²) in [6.45, 7) is 1.01. The Balaban J connectivity index is 1.46. The third-order valence-corrected chi connectivity index (χ3v) is 5.65. The van der Waals surface area contributed by atoms with Crippen molar-refractivity contribution in [3.05, 3.63) is 70.8 Å². The second kappa shape index (κ2) is 6.77. The molecule has 5 rings (SSSR count). The van der Waals surface area contributed by atoms with Crippen LogP contribution in [0.3, 0.4) is 0 Å². The maximum absolute atomic E-state index is 12.9. The van der Waals surface area contributed by atoms with Crippen LogP contribution in [0.2, 0.25) is 0 Å². The third-order valence-electron chi connectivity index (χ3n) is 5.65. The minimum Gasteiger partial charge on any atom is -0.366 e. The van der Waals surface area contributed by atoms with Gasteiger partial charge in [0.1, 0.15) is 6.04 Å². The molecule has 2 aromatic carbocycles. The fourth-order valence-corrected chi connectivity index (χ4v) is 4.23. The van der Waals surface area contributed by atoms with Crippen LogP contribution in [0.25, 0.3) is 11.4 Å². The predicted molar refractivity (Wildman–Crippen MR) is 107 cm³/mol. The first-order valence-corrected chi connectivity index (χ1v) is 9.67. The lowest BCUT2D eigenvalue weighted by Gasteiger charge is -2.29. The second-order valence-corrected chi connectivity index (χ2v) is 7.42. The van der Waals surface area contributed by atoms with E-state index in [4.69, 9.17) is 0 Å². The number of carbonyl (C=O) groups is 3. The Kier molecular flexibility index (Phi) is 4.08. The highest BCUT2D eigenvalue weighted by molar-refractivity contribution is 6.05. The maximum Gasteiger partial charge on any atom is 0.255 e. The van der Waals surface area contributed by atoms with Crippen molar-refractivity contribution < 1.29 is 14.4 Å². The smallest absolute Gasteiger partial charge is 0.255 e. The van der Waals surface area contributed by atoms with E-state index >= 15 is 0 Å². The van der Waals surface area contributed by atoms with Crippen LogP contribution in [0, 0.1) is 0 Å². The second-order valence-electron chi connectivity index (χ2n) is 7.42. The van der Waals surface area contributed by atoms with Crippen LogP contribution in [-0.2, 0) is 16.1 Å². The van der Waals surface area contributed by atoms with E-state index < -0.39 is 11.9 Å². The lowest BCUT2D eigenvalue weighted by Crippen LogP contribution is -2.52. The van der Waals surface area contributed by atoms with Gasteiger partial charge in [-0.15, -0.1) is 0 Å². The summed E-state index contributed by atoms with van der Waals surface area (Å²) in [5.74, 6) is -0.827. The standard InChI is InChI=1S/C22H20N4O3/c27-18-9-8-17(21(28)25-18)26-11-15-10-14(6-7-16(15)22(26)29)20-19(23-12-24-20)13-4-2-1-3-5-13/h1-7,10,17,23-24H,8-9,11-12H2,(H,25,27,28). The summed E-state index contributed by atoms with van der Waals surface area (Å²) in [7, 11) is 0. The molecule has 3 aliphatic heterocycles. The molecule has 0 aliphatic carbocycles.